The standard InChI is InChI=1S/C12H15ClN4O2/c1-7(2)17-6-8(5-11(17)18)12(19)14-10-4-3-9(13)15-16-10/h3-4,7-8H,5-6H2,1-2H3,(H,14,16,19). The first kappa shape index (κ1) is 13.7. The van der Waals surface area contributed by atoms with Gasteiger partial charge in [-0.1, -0.05) is 11.6 Å². The molecule has 7 heteroatoms. The number of nitrogens with one attached hydrogen (secondary N) is 1. The molecule has 2 rings (SSSR count). The number of hydrogen-bond donors (Lipinski definition) is 1. The molecule has 1 aliphatic rings. The van der Waals surface area contributed by atoms with Gasteiger partial charge in [0.05, 0.1) is 5.92 Å². The second kappa shape index (κ2) is 5.52. The monoisotopic (exact) mass is 282 g/mol. The van der Waals surface area contributed by atoms with Crippen LogP contribution in [0.3, 0.4) is 0 Å². The van der Waals surface area contributed by atoms with Gasteiger partial charge in [0.25, 0.3) is 0 Å². The lowest BCUT2D eigenvalue weighted by molar-refractivity contribution is -0.129. The summed E-state index contributed by atoms with van der Waals surface area (Å²) in [4.78, 5) is 25.5. The summed E-state index contributed by atoms with van der Waals surface area (Å²) in [7, 11) is 0. The van der Waals surface area contributed by atoms with Crippen molar-refractivity contribution >= 4 is 29.2 Å². The first-order valence-corrected chi connectivity index (χ1v) is 6.44. The highest BCUT2D eigenvalue weighted by molar-refractivity contribution is 6.29. The number of amides is 2. The lowest BCUT2D eigenvalue weighted by Gasteiger charge is -2.20. The van der Waals surface area contributed by atoms with Gasteiger partial charge in [-0.2, -0.15) is 0 Å². The zero-order valence-electron chi connectivity index (χ0n) is 10.8. The van der Waals surface area contributed by atoms with E-state index in [-0.39, 0.29) is 35.3 Å². The van der Waals surface area contributed by atoms with Crippen molar-refractivity contribution in [1.29, 1.82) is 0 Å². The van der Waals surface area contributed by atoms with Crippen LogP contribution in [0.1, 0.15) is 20.3 Å². The predicted octanol–water partition coefficient (Wildman–Crippen LogP) is 1.33. The molecule has 0 bridgehead atoms. The molecule has 0 aliphatic carbocycles. The Bertz CT molecular complexity index is 489. The number of nitrogens with zero attached hydrogens (tertiary/aromatic N) is 3. The molecule has 19 heavy (non-hydrogen) atoms. The van der Waals surface area contributed by atoms with Crippen molar-refractivity contribution in [3.63, 3.8) is 0 Å². The zero-order valence-corrected chi connectivity index (χ0v) is 11.5. The second-order valence-corrected chi connectivity index (χ2v) is 5.16. The third kappa shape index (κ3) is 3.20. The molecule has 1 saturated heterocycles. The third-order valence-electron chi connectivity index (χ3n) is 3.04. The highest BCUT2D eigenvalue weighted by atomic mass is 35.5. The predicted molar refractivity (Wildman–Crippen MR) is 70.6 cm³/mol. The molecule has 1 N–H and O–H groups in total. The summed E-state index contributed by atoms with van der Waals surface area (Å²) in [6.07, 6.45) is 0.241. The molecule has 0 aromatic carbocycles. The van der Waals surface area contributed by atoms with Crippen LogP contribution in [0.5, 0.6) is 0 Å². The molecule has 0 radical (unpaired) electrons. The SMILES string of the molecule is CC(C)N1CC(C(=O)Nc2ccc(Cl)nn2)CC1=O. The van der Waals surface area contributed by atoms with Crippen molar-refractivity contribution in [2.75, 3.05) is 11.9 Å². The van der Waals surface area contributed by atoms with Crippen LogP contribution in [0.2, 0.25) is 5.15 Å². The summed E-state index contributed by atoms with van der Waals surface area (Å²) in [5.74, 6) is -0.206. The third-order valence-corrected chi connectivity index (χ3v) is 3.24. The summed E-state index contributed by atoms with van der Waals surface area (Å²) in [5, 5.41) is 10.3. The minimum atomic E-state index is -0.340. The van der Waals surface area contributed by atoms with Gasteiger partial charge in [0.15, 0.2) is 11.0 Å². The number of rotatable bonds is 3. The van der Waals surface area contributed by atoms with E-state index in [2.05, 4.69) is 15.5 Å². The summed E-state index contributed by atoms with van der Waals surface area (Å²) in [6, 6.07) is 3.23. The van der Waals surface area contributed by atoms with E-state index in [0.29, 0.717) is 12.4 Å². The fourth-order valence-corrected chi connectivity index (χ4v) is 2.12. The van der Waals surface area contributed by atoms with Crippen LogP contribution < -0.4 is 5.32 Å². The minimum absolute atomic E-state index is 0.0114. The molecule has 2 heterocycles. The molecule has 102 valence electrons. The Kier molecular flexibility index (Phi) is 3.99. The van der Waals surface area contributed by atoms with Crippen molar-refractivity contribution in [3.8, 4) is 0 Å². The van der Waals surface area contributed by atoms with Gasteiger partial charge >= 0.3 is 0 Å². The Morgan fingerprint density at radius 3 is 2.74 bits per heavy atom. The molecule has 1 aliphatic heterocycles. The van der Waals surface area contributed by atoms with Gasteiger partial charge < -0.3 is 10.2 Å². The van der Waals surface area contributed by atoms with E-state index >= 15 is 0 Å². The number of halogens is 1. The molecular weight excluding hydrogens is 268 g/mol. The minimum Gasteiger partial charge on any atom is -0.339 e. The number of likely N-dealkylation sites (tertiary alicyclic amines) is 1. The summed E-state index contributed by atoms with van der Waals surface area (Å²) < 4.78 is 0. The van der Waals surface area contributed by atoms with Crippen molar-refractivity contribution in [3.05, 3.63) is 17.3 Å². The van der Waals surface area contributed by atoms with E-state index in [4.69, 9.17) is 11.6 Å². The number of carbonyl (C=O) groups excluding carboxylic acids is 2. The Morgan fingerprint density at radius 1 is 1.47 bits per heavy atom. The van der Waals surface area contributed by atoms with Gasteiger partial charge in [-0.3, -0.25) is 9.59 Å². The number of anilines is 1. The zero-order chi connectivity index (χ0) is 14.0. The number of aromatic nitrogens is 2. The van der Waals surface area contributed by atoms with Crippen molar-refractivity contribution in [2.24, 2.45) is 5.92 Å². The summed E-state index contributed by atoms with van der Waals surface area (Å²) >= 11 is 5.61. The average molecular weight is 283 g/mol. The van der Waals surface area contributed by atoms with Crippen LogP contribution in [0.15, 0.2) is 12.1 Å². The maximum absolute atomic E-state index is 12.0. The van der Waals surface area contributed by atoms with Crippen LogP contribution in [0, 0.1) is 5.92 Å². The highest BCUT2D eigenvalue weighted by Gasteiger charge is 2.35. The molecule has 1 aromatic heterocycles. The molecule has 1 unspecified atom stereocenters. The first-order chi connectivity index (χ1) is 8.97. The number of carbonyl (C=O) groups is 2. The lowest BCUT2D eigenvalue weighted by Crippen LogP contribution is -2.33. The van der Waals surface area contributed by atoms with Crippen molar-refractivity contribution in [2.45, 2.75) is 26.3 Å². The van der Waals surface area contributed by atoms with E-state index in [0.717, 1.165) is 0 Å². The molecule has 0 spiro atoms. The van der Waals surface area contributed by atoms with Gasteiger partial charge in [0, 0.05) is 19.0 Å². The number of hydrogen-bond acceptors (Lipinski definition) is 4. The fraction of sp³-hybridized carbons (Fsp3) is 0.500. The normalized spacial score (nSPS) is 19.1. The highest BCUT2D eigenvalue weighted by Crippen LogP contribution is 2.21. The maximum Gasteiger partial charge on any atom is 0.230 e. The first-order valence-electron chi connectivity index (χ1n) is 6.07. The van der Waals surface area contributed by atoms with Crippen LogP contribution in [0.25, 0.3) is 0 Å². The van der Waals surface area contributed by atoms with Crippen molar-refractivity contribution in [1.82, 2.24) is 15.1 Å². The maximum atomic E-state index is 12.0. The lowest BCUT2D eigenvalue weighted by atomic mass is 10.1. The van der Waals surface area contributed by atoms with Gasteiger partial charge in [0.1, 0.15) is 0 Å². The van der Waals surface area contributed by atoms with Crippen LogP contribution >= 0.6 is 11.6 Å². The smallest absolute Gasteiger partial charge is 0.230 e. The summed E-state index contributed by atoms with van der Waals surface area (Å²) in [6.45, 7) is 4.31. The van der Waals surface area contributed by atoms with Gasteiger partial charge in [-0.05, 0) is 26.0 Å². The van der Waals surface area contributed by atoms with Gasteiger partial charge in [-0.15, -0.1) is 10.2 Å². The molecular formula is C12H15ClN4O2. The van der Waals surface area contributed by atoms with E-state index in [9.17, 15) is 9.59 Å². The molecule has 1 atom stereocenters. The summed E-state index contributed by atoms with van der Waals surface area (Å²) in [5.41, 5.74) is 0. The van der Waals surface area contributed by atoms with Crippen LogP contribution in [-0.4, -0.2) is 39.5 Å². The largest absolute Gasteiger partial charge is 0.339 e. The van der Waals surface area contributed by atoms with Crippen LogP contribution in [-0.2, 0) is 9.59 Å². The molecule has 1 aromatic rings. The van der Waals surface area contributed by atoms with E-state index in [1.165, 1.54) is 0 Å². The Morgan fingerprint density at radius 2 is 2.21 bits per heavy atom. The Labute approximate surface area is 116 Å². The molecule has 1 fully saturated rings. The van der Waals surface area contributed by atoms with E-state index in [1.54, 1.807) is 17.0 Å². The Hall–Kier alpha value is -1.69. The van der Waals surface area contributed by atoms with E-state index < -0.39 is 0 Å². The van der Waals surface area contributed by atoms with Gasteiger partial charge in [0.2, 0.25) is 11.8 Å². The fourth-order valence-electron chi connectivity index (χ4n) is 2.02. The molecule has 0 saturated carbocycles. The van der Waals surface area contributed by atoms with E-state index in [1.807, 2.05) is 13.8 Å². The Balaban J connectivity index is 1.98. The molecule has 6 nitrogen and oxygen atoms in total. The van der Waals surface area contributed by atoms with Crippen molar-refractivity contribution < 1.29 is 9.59 Å². The quantitative estimate of drug-likeness (QED) is 0.907. The van der Waals surface area contributed by atoms with Crippen LogP contribution in [0.4, 0.5) is 5.82 Å². The van der Waals surface area contributed by atoms with Gasteiger partial charge in [-0.25, -0.2) is 0 Å². The second-order valence-electron chi connectivity index (χ2n) is 4.77. The molecule has 2 amide bonds. The topological polar surface area (TPSA) is 75.2 Å². The average Bonchev–Trinajstić information content (AvgIpc) is 2.74.